The molecule has 0 fully saturated rings. The summed E-state index contributed by atoms with van der Waals surface area (Å²) >= 11 is 0. The number of esters is 2. The van der Waals surface area contributed by atoms with Gasteiger partial charge in [-0.2, -0.15) is 0 Å². The van der Waals surface area contributed by atoms with E-state index in [1.807, 2.05) is 0 Å². The Bertz CT molecular complexity index is 1010. The van der Waals surface area contributed by atoms with Crippen LogP contribution in [-0.4, -0.2) is 75.5 Å². The molecule has 0 heterocycles. The molecule has 0 aliphatic rings. The van der Waals surface area contributed by atoms with Crippen molar-refractivity contribution in [1.82, 2.24) is 0 Å². The quantitative estimate of drug-likeness (QED) is 0.0293. The predicted molar refractivity (Wildman–Crippen MR) is 203 cm³/mol. The van der Waals surface area contributed by atoms with Crippen LogP contribution in [0, 0.1) is 0 Å². The predicted octanol–water partition coefficient (Wildman–Crippen LogP) is 8.52. The van der Waals surface area contributed by atoms with Gasteiger partial charge in [-0.1, -0.05) is 107 Å². The second-order valence-electron chi connectivity index (χ2n) is 13.7. The lowest BCUT2D eigenvalue weighted by molar-refractivity contribution is -0.889. The van der Waals surface area contributed by atoms with Gasteiger partial charge in [0, 0.05) is 19.3 Å². The van der Waals surface area contributed by atoms with E-state index in [1.54, 1.807) is 21.1 Å². The average Bonchev–Trinajstić information content (AvgIpc) is 3.06. The highest BCUT2D eigenvalue weighted by Crippen LogP contribution is 2.12. The molecule has 0 radical (unpaired) electrons. The summed E-state index contributed by atoms with van der Waals surface area (Å²) in [7, 11) is 5.37. The molecular weight excluding hydrogens is 630 g/mol. The van der Waals surface area contributed by atoms with E-state index < -0.39 is 18.1 Å². The molecule has 0 aliphatic carbocycles. The van der Waals surface area contributed by atoms with Gasteiger partial charge in [-0.25, -0.2) is 0 Å². The number of aliphatic carboxylic acids is 1. The van der Waals surface area contributed by atoms with E-state index in [-0.39, 0.29) is 42.7 Å². The van der Waals surface area contributed by atoms with E-state index in [0.717, 1.165) is 77.0 Å². The van der Waals surface area contributed by atoms with E-state index >= 15 is 0 Å². The van der Waals surface area contributed by atoms with Crippen LogP contribution in [0.15, 0.2) is 60.8 Å². The number of carbonyl (C=O) groups excluding carboxylic acids is 3. The number of carboxylic acids is 1. The number of hydrogen-bond acceptors (Lipinski definition) is 7. The summed E-state index contributed by atoms with van der Waals surface area (Å²) in [5.74, 6) is -1.81. The molecular formula is C42H71NO7. The molecule has 0 saturated carbocycles. The number of rotatable bonds is 33. The Kier molecular flexibility index (Phi) is 31.2. The minimum Gasteiger partial charge on any atom is -0.544 e. The third-order valence-electron chi connectivity index (χ3n) is 8.15. The monoisotopic (exact) mass is 702 g/mol. The zero-order valence-electron chi connectivity index (χ0n) is 32.3. The summed E-state index contributed by atoms with van der Waals surface area (Å²) in [6.45, 7) is 4.36. The van der Waals surface area contributed by atoms with Crippen LogP contribution >= 0.6 is 0 Å². The Hall–Kier alpha value is -2.97. The maximum absolute atomic E-state index is 12.6. The van der Waals surface area contributed by atoms with Crippen molar-refractivity contribution in [3.8, 4) is 0 Å². The highest BCUT2D eigenvalue weighted by Gasteiger charge is 2.25. The number of nitrogens with zero attached hydrogens (tertiary/aromatic N) is 1. The third kappa shape index (κ3) is 31.0. The van der Waals surface area contributed by atoms with Crippen molar-refractivity contribution in [2.45, 2.75) is 148 Å². The molecule has 2 atom stereocenters. The summed E-state index contributed by atoms with van der Waals surface area (Å²) in [5, 5.41) is 11.6. The average molecular weight is 702 g/mol. The number of carbonyl (C=O) groups is 3. The number of quaternary nitrogens is 1. The van der Waals surface area contributed by atoms with E-state index in [1.165, 1.54) is 19.3 Å². The normalized spacial score (nSPS) is 13.7. The second-order valence-corrected chi connectivity index (χ2v) is 13.7. The highest BCUT2D eigenvalue weighted by atomic mass is 16.6. The van der Waals surface area contributed by atoms with Crippen LogP contribution in [0.3, 0.4) is 0 Å². The van der Waals surface area contributed by atoms with Crippen molar-refractivity contribution >= 4 is 17.9 Å². The van der Waals surface area contributed by atoms with Gasteiger partial charge in [0.15, 0.2) is 6.10 Å². The summed E-state index contributed by atoms with van der Waals surface area (Å²) in [5.41, 5.74) is 0. The van der Waals surface area contributed by atoms with Gasteiger partial charge >= 0.3 is 11.9 Å². The van der Waals surface area contributed by atoms with Crippen LogP contribution in [0.2, 0.25) is 0 Å². The van der Waals surface area contributed by atoms with Crippen LogP contribution in [-0.2, 0) is 28.6 Å². The van der Waals surface area contributed by atoms with Crippen LogP contribution in [0.4, 0.5) is 0 Å². The van der Waals surface area contributed by atoms with Crippen molar-refractivity contribution in [2.75, 3.05) is 41.0 Å². The Morgan fingerprint density at radius 3 is 1.60 bits per heavy atom. The Morgan fingerprint density at radius 1 is 0.600 bits per heavy atom. The van der Waals surface area contributed by atoms with Crippen molar-refractivity contribution < 1.29 is 38.2 Å². The first-order chi connectivity index (χ1) is 24.1. The molecule has 8 nitrogen and oxygen atoms in total. The molecule has 0 saturated heterocycles. The van der Waals surface area contributed by atoms with Gasteiger partial charge in [-0.15, -0.1) is 0 Å². The Morgan fingerprint density at radius 2 is 1.06 bits per heavy atom. The first kappa shape index (κ1) is 47.0. The van der Waals surface area contributed by atoms with Crippen molar-refractivity contribution in [2.24, 2.45) is 0 Å². The standard InChI is InChI=1S/C42H71NO7/c1-6-8-10-12-14-16-18-20-21-23-25-27-29-31-33-41(45)50-38(36-48-35-34-39(42(46)47)43(3,4)5)37-49-40(44)32-30-28-26-24-22-19-17-15-13-11-9-7-2/h8-11,14-17,22,24,38-39H,6-7,12-13,18-21,23,25-37H2,1-5H3/b10-8+,11-9+,16-14+,17-15+,24-22+. The van der Waals surface area contributed by atoms with Gasteiger partial charge in [-0.05, 0) is 70.6 Å². The van der Waals surface area contributed by atoms with E-state index in [9.17, 15) is 19.5 Å². The summed E-state index contributed by atoms with van der Waals surface area (Å²) < 4.78 is 17.0. The van der Waals surface area contributed by atoms with Crippen LogP contribution in [0.1, 0.15) is 136 Å². The Labute approximate surface area is 305 Å². The fraction of sp³-hybridized carbons (Fsp3) is 0.690. The lowest BCUT2D eigenvalue weighted by Crippen LogP contribution is -2.55. The molecule has 0 aromatic rings. The molecule has 0 rings (SSSR count). The molecule has 0 spiro atoms. The summed E-state index contributed by atoms with van der Waals surface area (Å²) in [6, 6.07) is -0.733. The number of unbranched alkanes of at least 4 members (excludes halogenated alkanes) is 9. The molecule has 0 aliphatic heterocycles. The Balaban J connectivity index is 4.49. The second kappa shape index (κ2) is 33.2. The number of ether oxygens (including phenoxy) is 3. The summed E-state index contributed by atoms with van der Waals surface area (Å²) in [4.78, 5) is 36.6. The van der Waals surface area contributed by atoms with Crippen molar-refractivity contribution in [3.05, 3.63) is 60.8 Å². The molecule has 0 bridgehead atoms. The number of likely N-dealkylation sites (N-methyl/N-ethyl adjacent to an activating group) is 1. The molecule has 0 N–H and O–H groups in total. The van der Waals surface area contributed by atoms with Crippen molar-refractivity contribution in [1.29, 1.82) is 0 Å². The van der Waals surface area contributed by atoms with Gasteiger partial charge in [-0.3, -0.25) is 9.59 Å². The van der Waals surface area contributed by atoms with E-state index in [2.05, 4.69) is 74.6 Å². The molecule has 0 aromatic carbocycles. The van der Waals surface area contributed by atoms with E-state index in [0.29, 0.717) is 19.3 Å². The fourth-order valence-electron chi connectivity index (χ4n) is 5.18. The first-order valence-corrected chi connectivity index (χ1v) is 19.3. The van der Waals surface area contributed by atoms with Gasteiger partial charge in [0.05, 0.1) is 40.3 Å². The maximum Gasteiger partial charge on any atom is 0.306 e. The SMILES string of the molecule is CC/C=C/C/C=C/C/C=C/CCCCC(=O)OCC(COCCC(C(=O)[O-])[N+](C)(C)C)OC(=O)CCCCCCCCC/C=C/C/C=C/CC. The van der Waals surface area contributed by atoms with E-state index in [4.69, 9.17) is 14.2 Å². The van der Waals surface area contributed by atoms with Gasteiger partial charge in [0.25, 0.3) is 0 Å². The van der Waals surface area contributed by atoms with Crippen LogP contribution in [0.25, 0.3) is 0 Å². The fourth-order valence-corrected chi connectivity index (χ4v) is 5.18. The van der Waals surface area contributed by atoms with Gasteiger partial charge in [0.1, 0.15) is 12.6 Å². The maximum atomic E-state index is 12.6. The minimum absolute atomic E-state index is 0.0225. The van der Waals surface area contributed by atoms with Crippen LogP contribution in [0.5, 0.6) is 0 Å². The zero-order valence-corrected chi connectivity index (χ0v) is 32.3. The third-order valence-corrected chi connectivity index (χ3v) is 8.15. The highest BCUT2D eigenvalue weighted by molar-refractivity contribution is 5.70. The topological polar surface area (TPSA) is 102 Å². The number of hydrogen-bond donors (Lipinski definition) is 0. The summed E-state index contributed by atoms with van der Waals surface area (Å²) in [6.07, 6.45) is 38.2. The van der Waals surface area contributed by atoms with Gasteiger partial charge < -0.3 is 28.6 Å². The van der Waals surface area contributed by atoms with Crippen molar-refractivity contribution in [3.63, 3.8) is 0 Å². The number of carboxylic acid groups (broad SMARTS) is 1. The number of allylic oxidation sites excluding steroid dienone is 10. The molecule has 286 valence electrons. The molecule has 50 heavy (non-hydrogen) atoms. The largest absolute Gasteiger partial charge is 0.544 e. The molecule has 2 unspecified atom stereocenters. The zero-order chi connectivity index (χ0) is 37.1. The lowest BCUT2D eigenvalue weighted by Gasteiger charge is -2.34. The lowest BCUT2D eigenvalue weighted by atomic mass is 10.1. The van der Waals surface area contributed by atoms with Crippen LogP contribution < -0.4 is 5.11 Å². The minimum atomic E-state index is -1.14. The van der Waals surface area contributed by atoms with Gasteiger partial charge in [0.2, 0.25) is 0 Å². The molecule has 0 aromatic heterocycles. The first-order valence-electron chi connectivity index (χ1n) is 19.3. The molecule has 8 heteroatoms. The molecule has 0 amide bonds. The smallest absolute Gasteiger partial charge is 0.306 e.